The summed E-state index contributed by atoms with van der Waals surface area (Å²) in [4.78, 5) is 17.0. The minimum atomic E-state index is -0.362. The molecule has 3 aromatic rings. The van der Waals surface area contributed by atoms with Crippen molar-refractivity contribution >= 4 is 17.6 Å². The van der Waals surface area contributed by atoms with Gasteiger partial charge in [0.2, 0.25) is 0 Å². The molecule has 2 amide bonds. The molecule has 28 heavy (non-hydrogen) atoms. The van der Waals surface area contributed by atoms with Gasteiger partial charge in [0.15, 0.2) is 0 Å². The monoisotopic (exact) mass is 396 g/mol. The fraction of sp³-hybridized carbons (Fsp3) is 0.273. The van der Waals surface area contributed by atoms with Gasteiger partial charge >= 0.3 is 6.03 Å². The number of amides is 2. The molecular weight excluding hydrogens is 372 g/mol. The van der Waals surface area contributed by atoms with Crippen molar-refractivity contribution in [1.82, 2.24) is 20.2 Å². The lowest BCUT2D eigenvalue weighted by atomic mass is 10.1. The number of carbonyl (C=O) groups excluding carboxylic acids is 1. The zero-order valence-corrected chi connectivity index (χ0v) is 16.9. The minimum Gasteiger partial charge on any atom is -0.336 e. The van der Waals surface area contributed by atoms with E-state index in [-0.39, 0.29) is 18.1 Å². The first-order valence-corrected chi connectivity index (χ1v) is 9.74. The predicted octanol–water partition coefficient (Wildman–Crippen LogP) is 4.48. The summed E-state index contributed by atoms with van der Waals surface area (Å²) in [6.07, 6.45) is 5.37. The van der Waals surface area contributed by atoms with Crippen molar-refractivity contribution in [3.8, 4) is 0 Å². The molecule has 1 aromatic heterocycles. The van der Waals surface area contributed by atoms with Crippen molar-refractivity contribution < 1.29 is 4.79 Å². The Labute approximate surface area is 170 Å². The number of hydrogen-bond acceptors (Lipinski definition) is 2. The van der Waals surface area contributed by atoms with Crippen molar-refractivity contribution in [2.45, 2.75) is 31.8 Å². The molecule has 0 radical (unpaired) electrons. The average molecular weight is 397 g/mol. The number of hydrogen-bond donors (Lipinski definition) is 2. The van der Waals surface area contributed by atoms with Crippen LogP contribution in [0, 0.1) is 0 Å². The van der Waals surface area contributed by atoms with E-state index in [4.69, 9.17) is 11.6 Å². The Morgan fingerprint density at radius 2 is 1.82 bits per heavy atom. The molecule has 0 saturated heterocycles. The normalized spacial score (nSPS) is 13.0. The van der Waals surface area contributed by atoms with E-state index in [1.807, 2.05) is 67.2 Å². The number of imidazole rings is 1. The SMILES string of the molecule is C[C@@H](CCc1ccccc1)NC(=O)N[C@@H](c1ccc(Cl)cc1)c1nccn1C. The molecule has 0 saturated carbocycles. The highest BCUT2D eigenvalue weighted by Crippen LogP contribution is 2.22. The Kier molecular flexibility index (Phi) is 6.71. The highest BCUT2D eigenvalue weighted by atomic mass is 35.5. The standard InChI is InChI=1S/C22H25ClN4O/c1-16(8-9-17-6-4-3-5-7-17)25-22(28)26-20(21-24-14-15-27(21)2)18-10-12-19(23)13-11-18/h3-7,10-16,20H,8-9H2,1-2H3,(H2,25,26,28)/t16-,20-/m0/s1. The first kappa shape index (κ1) is 20.0. The van der Waals surface area contributed by atoms with E-state index in [1.165, 1.54) is 5.56 Å². The molecule has 2 atom stereocenters. The van der Waals surface area contributed by atoms with E-state index < -0.39 is 0 Å². The third kappa shape index (κ3) is 5.36. The van der Waals surface area contributed by atoms with Crippen LogP contribution in [0.15, 0.2) is 67.0 Å². The van der Waals surface area contributed by atoms with Crippen LogP contribution in [0.2, 0.25) is 5.02 Å². The number of aromatic nitrogens is 2. The zero-order chi connectivity index (χ0) is 19.9. The molecule has 0 fully saturated rings. The van der Waals surface area contributed by atoms with Gasteiger partial charge in [0.25, 0.3) is 0 Å². The van der Waals surface area contributed by atoms with Crippen LogP contribution in [-0.2, 0) is 13.5 Å². The highest BCUT2D eigenvalue weighted by Gasteiger charge is 2.21. The van der Waals surface area contributed by atoms with Gasteiger partial charge in [0.1, 0.15) is 11.9 Å². The third-order valence-electron chi connectivity index (χ3n) is 4.68. The number of nitrogens with zero attached hydrogens (tertiary/aromatic N) is 2. The van der Waals surface area contributed by atoms with Gasteiger partial charge in [-0.3, -0.25) is 0 Å². The summed E-state index contributed by atoms with van der Waals surface area (Å²) >= 11 is 6.01. The maximum absolute atomic E-state index is 12.6. The van der Waals surface area contributed by atoms with Crippen LogP contribution in [0.4, 0.5) is 4.79 Å². The largest absolute Gasteiger partial charge is 0.336 e. The number of urea groups is 1. The van der Waals surface area contributed by atoms with E-state index in [2.05, 4.69) is 27.8 Å². The zero-order valence-electron chi connectivity index (χ0n) is 16.1. The summed E-state index contributed by atoms with van der Waals surface area (Å²) in [7, 11) is 1.91. The fourth-order valence-electron chi connectivity index (χ4n) is 3.10. The lowest BCUT2D eigenvalue weighted by molar-refractivity contribution is 0.234. The molecule has 2 N–H and O–H groups in total. The fourth-order valence-corrected chi connectivity index (χ4v) is 3.23. The quantitative estimate of drug-likeness (QED) is 0.618. The van der Waals surface area contributed by atoms with Gasteiger partial charge in [-0.2, -0.15) is 0 Å². The van der Waals surface area contributed by atoms with Crippen molar-refractivity contribution in [3.63, 3.8) is 0 Å². The molecule has 1 heterocycles. The smallest absolute Gasteiger partial charge is 0.315 e. The lowest BCUT2D eigenvalue weighted by Gasteiger charge is -2.21. The Bertz CT molecular complexity index is 892. The summed E-state index contributed by atoms with van der Waals surface area (Å²) in [5.41, 5.74) is 2.19. The van der Waals surface area contributed by atoms with Crippen LogP contribution >= 0.6 is 11.6 Å². The number of rotatable bonds is 7. The summed E-state index contributed by atoms with van der Waals surface area (Å²) in [6, 6.07) is 17.2. The number of nitrogens with one attached hydrogen (secondary N) is 2. The Balaban J connectivity index is 1.64. The number of aryl methyl sites for hydroxylation is 2. The number of halogens is 1. The van der Waals surface area contributed by atoms with Crippen molar-refractivity contribution in [2.24, 2.45) is 7.05 Å². The molecule has 146 valence electrons. The molecule has 0 spiro atoms. The number of carbonyl (C=O) groups is 1. The van der Waals surface area contributed by atoms with Crippen LogP contribution < -0.4 is 10.6 Å². The second-order valence-electron chi connectivity index (χ2n) is 6.92. The second-order valence-corrected chi connectivity index (χ2v) is 7.36. The van der Waals surface area contributed by atoms with Gasteiger partial charge < -0.3 is 15.2 Å². The average Bonchev–Trinajstić information content (AvgIpc) is 3.12. The third-order valence-corrected chi connectivity index (χ3v) is 4.93. The van der Waals surface area contributed by atoms with Gasteiger partial charge in [0.05, 0.1) is 0 Å². The van der Waals surface area contributed by atoms with Gasteiger partial charge in [0, 0.05) is 30.5 Å². The number of benzene rings is 2. The molecule has 0 aliphatic heterocycles. The first-order chi connectivity index (χ1) is 13.5. The van der Waals surface area contributed by atoms with E-state index in [1.54, 1.807) is 6.20 Å². The van der Waals surface area contributed by atoms with Gasteiger partial charge in [-0.05, 0) is 43.0 Å². The van der Waals surface area contributed by atoms with Crippen LogP contribution in [0.5, 0.6) is 0 Å². The molecule has 2 aromatic carbocycles. The van der Waals surface area contributed by atoms with Crippen LogP contribution in [0.25, 0.3) is 0 Å². The molecule has 0 bridgehead atoms. The summed E-state index contributed by atoms with van der Waals surface area (Å²) in [6.45, 7) is 2.01. The predicted molar refractivity (Wildman–Crippen MR) is 112 cm³/mol. The molecule has 0 aliphatic rings. The van der Waals surface area contributed by atoms with Crippen LogP contribution in [0.3, 0.4) is 0 Å². The van der Waals surface area contributed by atoms with E-state index in [0.717, 1.165) is 24.2 Å². The second kappa shape index (κ2) is 9.42. The highest BCUT2D eigenvalue weighted by molar-refractivity contribution is 6.30. The van der Waals surface area contributed by atoms with Crippen LogP contribution in [-0.4, -0.2) is 21.6 Å². The maximum Gasteiger partial charge on any atom is 0.315 e. The molecule has 5 nitrogen and oxygen atoms in total. The summed E-state index contributed by atoms with van der Waals surface area (Å²) < 4.78 is 1.90. The topological polar surface area (TPSA) is 59.0 Å². The minimum absolute atomic E-state index is 0.0486. The Morgan fingerprint density at radius 1 is 1.11 bits per heavy atom. The van der Waals surface area contributed by atoms with Crippen molar-refractivity contribution in [1.29, 1.82) is 0 Å². The first-order valence-electron chi connectivity index (χ1n) is 9.36. The Hall–Kier alpha value is -2.79. The lowest BCUT2D eigenvalue weighted by Crippen LogP contribution is -2.43. The Morgan fingerprint density at radius 3 is 2.46 bits per heavy atom. The maximum atomic E-state index is 12.6. The van der Waals surface area contributed by atoms with E-state index in [0.29, 0.717) is 5.02 Å². The van der Waals surface area contributed by atoms with E-state index in [9.17, 15) is 4.79 Å². The van der Waals surface area contributed by atoms with Gasteiger partial charge in [-0.1, -0.05) is 54.1 Å². The summed E-state index contributed by atoms with van der Waals surface area (Å²) in [5, 5.41) is 6.73. The van der Waals surface area contributed by atoms with Crippen LogP contribution in [0.1, 0.15) is 36.3 Å². The van der Waals surface area contributed by atoms with Gasteiger partial charge in [-0.25, -0.2) is 9.78 Å². The van der Waals surface area contributed by atoms with Gasteiger partial charge in [-0.15, -0.1) is 0 Å². The molecule has 0 unspecified atom stereocenters. The summed E-state index contributed by atoms with van der Waals surface area (Å²) in [5.74, 6) is 0.759. The van der Waals surface area contributed by atoms with Crippen molar-refractivity contribution in [2.75, 3.05) is 0 Å². The van der Waals surface area contributed by atoms with E-state index >= 15 is 0 Å². The molecule has 6 heteroatoms. The molecule has 0 aliphatic carbocycles. The molecular formula is C22H25ClN4O. The molecule has 3 rings (SSSR count). The van der Waals surface area contributed by atoms with Crippen molar-refractivity contribution in [3.05, 3.63) is 89.0 Å².